The maximum Gasteiger partial charge on any atom is 0.414 e. The minimum atomic E-state index is -4.49. The molecule has 0 aliphatic heterocycles. The van der Waals surface area contributed by atoms with Crippen LogP contribution in [0.4, 0.5) is 13.2 Å². The first-order chi connectivity index (χ1) is 7.98. The van der Waals surface area contributed by atoms with Crippen LogP contribution in [-0.4, -0.2) is 30.6 Å². The smallest absolute Gasteiger partial charge is 0.384 e. The maximum absolute atomic E-state index is 11.9. The molecule has 0 saturated heterocycles. The summed E-state index contributed by atoms with van der Waals surface area (Å²) in [4.78, 5) is 0. The lowest BCUT2D eigenvalue weighted by molar-refractivity contribution is -0.205. The predicted octanol–water partition coefficient (Wildman–Crippen LogP) is 3.68. The van der Waals surface area contributed by atoms with Crippen molar-refractivity contribution < 1.29 is 23.0 Å². The molecule has 2 nitrogen and oxygen atoms in total. The quantitative estimate of drug-likeness (QED) is 0.604. The molecule has 0 heterocycles. The summed E-state index contributed by atoms with van der Waals surface area (Å²) in [5.41, 5.74) is 0. The summed E-state index contributed by atoms with van der Waals surface area (Å²) in [5.74, 6) is 0. The van der Waals surface area contributed by atoms with Gasteiger partial charge >= 0.3 is 6.18 Å². The minimum absolute atomic E-state index is 0.233. The van der Waals surface area contributed by atoms with Crippen molar-refractivity contribution in [2.24, 2.45) is 0 Å². The highest BCUT2D eigenvalue weighted by molar-refractivity contribution is 4.64. The number of aliphatic hydroxyl groups is 1. The number of halogens is 3. The van der Waals surface area contributed by atoms with Gasteiger partial charge in [-0.15, -0.1) is 0 Å². The number of ether oxygens (including phenoxy) is 1. The van der Waals surface area contributed by atoms with Gasteiger partial charge in [0.2, 0.25) is 0 Å². The zero-order valence-corrected chi connectivity index (χ0v) is 10.4. The highest BCUT2D eigenvalue weighted by Crippen LogP contribution is 2.23. The number of alkyl halides is 3. The van der Waals surface area contributed by atoms with Gasteiger partial charge in [0.1, 0.15) is 6.10 Å². The largest absolute Gasteiger partial charge is 0.414 e. The van der Waals surface area contributed by atoms with Crippen molar-refractivity contribution in [3.8, 4) is 0 Å². The fourth-order valence-corrected chi connectivity index (χ4v) is 1.44. The van der Waals surface area contributed by atoms with Gasteiger partial charge in [0.25, 0.3) is 0 Å². The van der Waals surface area contributed by atoms with Crippen molar-refractivity contribution in [3.63, 3.8) is 0 Å². The third kappa shape index (κ3) is 10.6. The summed E-state index contributed by atoms with van der Waals surface area (Å²) < 4.78 is 41.0. The Morgan fingerprint density at radius 3 is 2.12 bits per heavy atom. The first-order valence-electron chi connectivity index (χ1n) is 6.31. The summed E-state index contributed by atoms with van der Waals surface area (Å²) in [6.07, 6.45) is -1.47. The molecule has 0 bridgehead atoms. The van der Waals surface area contributed by atoms with Crippen molar-refractivity contribution in [2.45, 2.75) is 64.1 Å². The van der Waals surface area contributed by atoms with Gasteiger partial charge in [-0.2, -0.15) is 13.2 Å². The average molecular weight is 256 g/mol. The molecule has 0 fully saturated rings. The fraction of sp³-hybridized carbons (Fsp3) is 1.00. The Kier molecular flexibility index (Phi) is 9.55. The Bertz CT molecular complexity index is 172. The molecule has 5 heteroatoms. The van der Waals surface area contributed by atoms with Gasteiger partial charge in [-0.3, -0.25) is 0 Å². The van der Waals surface area contributed by atoms with E-state index < -0.39 is 12.3 Å². The van der Waals surface area contributed by atoms with Crippen LogP contribution in [0.2, 0.25) is 0 Å². The zero-order chi connectivity index (χ0) is 13.1. The van der Waals surface area contributed by atoms with Crippen LogP contribution in [0, 0.1) is 0 Å². The van der Waals surface area contributed by atoms with E-state index in [0.717, 1.165) is 12.8 Å². The van der Waals surface area contributed by atoms with E-state index >= 15 is 0 Å². The molecule has 17 heavy (non-hydrogen) atoms. The molecule has 0 saturated carbocycles. The van der Waals surface area contributed by atoms with Crippen LogP contribution in [-0.2, 0) is 4.74 Å². The fourth-order valence-electron chi connectivity index (χ4n) is 1.44. The molecule has 1 unspecified atom stereocenters. The molecule has 104 valence electrons. The van der Waals surface area contributed by atoms with E-state index in [9.17, 15) is 13.2 Å². The van der Waals surface area contributed by atoms with Crippen LogP contribution >= 0.6 is 0 Å². The number of hydrogen-bond donors (Lipinski definition) is 1. The predicted molar refractivity (Wildman–Crippen MR) is 60.9 cm³/mol. The van der Waals surface area contributed by atoms with Crippen molar-refractivity contribution in [2.75, 3.05) is 13.2 Å². The molecule has 0 aromatic heterocycles. The minimum Gasteiger partial charge on any atom is -0.384 e. The van der Waals surface area contributed by atoms with Crippen molar-refractivity contribution >= 4 is 0 Å². The average Bonchev–Trinajstić information content (AvgIpc) is 2.25. The first kappa shape index (κ1) is 16.7. The van der Waals surface area contributed by atoms with Crippen molar-refractivity contribution in [1.82, 2.24) is 0 Å². The lowest BCUT2D eigenvalue weighted by Gasteiger charge is -2.13. The topological polar surface area (TPSA) is 29.5 Å². The van der Waals surface area contributed by atoms with Crippen LogP contribution in [0.3, 0.4) is 0 Å². The second-order valence-electron chi connectivity index (χ2n) is 4.23. The summed E-state index contributed by atoms with van der Waals surface area (Å²) >= 11 is 0. The van der Waals surface area contributed by atoms with Crippen LogP contribution in [0.15, 0.2) is 0 Å². The van der Waals surface area contributed by atoms with Crippen molar-refractivity contribution in [1.29, 1.82) is 0 Å². The van der Waals surface area contributed by atoms with Crippen LogP contribution < -0.4 is 0 Å². The van der Waals surface area contributed by atoms with Gasteiger partial charge in [0, 0.05) is 13.2 Å². The normalized spacial score (nSPS) is 13.9. The molecular formula is C12H23F3O2. The number of hydrogen-bond acceptors (Lipinski definition) is 2. The highest BCUT2D eigenvalue weighted by atomic mass is 19.4. The van der Waals surface area contributed by atoms with Crippen LogP contribution in [0.1, 0.15) is 51.9 Å². The molecular weight excluding hydrogens is 233 g/mol. The number of rotatable bonds is 10. The molecule has 1 atom stereocenters. The molecule has 0 aromatic rings. The maximum atomic E-state index is 11.9. The third-order valence-corrected chi connectivity index (χ3v) is 2.54. The van der Waals surface area contributed by atoms with E-state index in [0.29, 0.717) is 26.1 Å². The van der Waals surface area contributed by atoms with Gasteiger partial charge in [-0.05, 0) is 25.7 Å². The second kappa shape index (κ2) is 9.71. The second-order valence-corrected chi connectivity index (χ2v) is 4.23. The van der Waals surface area contributed by atoms with Crippen LogP contribution in [0.5, 0.6) is 0 Å². The Morgan fingerprint density at radius 1 is 1.00 bits per heavy atom. The standard InChI is InChI=1S/C12H23F3O2/c1-2-3-4-6-9-17-10-7-5-8-11(16)12(13,14)15/h11,16H,2-10H2,1H3. The molecule has 0 spiro atoms. The van der Waals surface area contributed by atoms with E-state index in [1.54, 1.807) is 0 Å². The van der Waals surface area contributed by atoms with Gasteiger partial charge in [-0.1, -0.05) is 26.2 Å². The summed E-state index contributed by atoms with van der Waals surface area (Å²) in [6, 6.07) is 0. The van der Waals surface area contributed by atoms with E-state index in [1.807, 2.05) is 0 Å². The molecule has 0 rings (SSSR count). The van der Waals surface area contributed by atoms with Gasteiger partial charge in [-0.25, -0.2) is 0 Å². The van der Waals surface area contributed by atoms with Crippen molar-refractivity contribution in [3.05, 3.63) is 0 Å². The summed E-state index contributed by atoms with van der Waals surface area (Å²) in [6.45, 7) is 3.30. The van der Waals surface area contributed by atoms with E-state index in [4.69, 9.17) is 9.84 Å². The Labute approximate surface area is 101 Å². The van der Waals surface area contributed by atoms with Crippen LogP contribution in [0.25, 0.3) is 0 Å². The summed E-state index contributed by atoms with van der Waals surface area (Å²) in [5, 5.41) is 8.72. The molecule has 1 N–H and O–H groups in total. The Hall–Kier alpha value is -0.290. The molecule has 0 aromatic carbocycles. The Morgan fingerprint density at radius 2 is 1.59 bits per heavy atom. The van der Waals surface area contributed by atoms with Gasteiger partial charge < -0.3 is 9.84 Å². The number of unbranched alkanes of at least 4 members (excludes halogenated alkanes) is 4. The third-order valence-electron chi connectivity index (χ3n) is 2.54. The lowest BCUT2D eigenvalue weighted by Crippen LogP contribution is -2.28. The number of aliphatic hydroxyl groups excluding tert-OH is 1. The van der Waals surface area contributed by atoms with E-state index in [1.165, 1.54) is 12.8 Å². The SMILES string of the molecule is CCCCCCOCCCCC(O)C(F)(F)F. The van der Waals surface area contributed by atoms with Gasteiger partial charge in [0.05, 0.1) is 0 Å². The Balaban J connectivity index is 3.19. The molecule has 0 amide bonds. The monoisotopic (exact) mass is 256 g/mol. The summed E-state index contributed by atoms with van der Waals surface area (Å²) in [7, 11) is 0. The zero-order valence-electron chi connectivity index (χ0n) is 10.4. The molecule has 0 aliphatic carbocycles. The van der Waals surface area contributed by atoms with Gasteiger partial charge in [0.15, 0.2) is 0 Å². The lowest BCUT2D eigenvalue weighted by atomic mass is 10.1. The van der Waals surface area contributed by atoms with E-state index in [2.05, 4.69) is 6.92 Å². The highest BCUT2D eigenvalue weighted by Gasteiger charge is 2.37. The molecule has 0 aliphatic rings. The van der Waals surface area contributed by atoms with E-state index in [-0.39, 0.29) is 6.42 Å². The first-order valence-corrected chi connectivity index (χ1v) is 6.31. The molecule has 0 radical (unpaired) electrons.